The Kier molecular flexibility index (Phi) is 4.36. The minimum Gasteiger partial charge on any atom is -0.450 e. The molecule has 0 spiro atoms. The number of furan rings is 1. The zero-order chi connectivity index (χ0) is 14.2. The average Bonchev–Trinajstić information content (AvgIpc) is 2.70. The highest BCUT2D eigenvalue weighted by Gasteiger charge is 2.35. The normalized spacial score (nSPS) is 22.8. The van der Waals surface area contributed by atoms with Crippen LogP contribution >= 0.6 is 15.9 Å². The van der Waals surface area contributed by atoms with E-state index in [0.29, 0.717) is 19.6 Å². The summed E-state index contributed by atoms with van der Waals surface area (Å²) in [7, 11) is -1.63. The second-order valence-electron chi connectivity index (χ2n) is 4.74. The molecule has 0 bridgehead atoms. The summed E-state index contributed by atoms with van der Waals surface area (Å²) in [5.41, 5.74) is 0. The minimum absolute atomic E-state index is 0.0768. The molecule has 1 atom stereocenters. The molecule has 1 aromatic heterocycles. The molecule has 0 radical (unpaired) electrons. The van der Waals surface area contributed by atoms with Gasteiger partial charge in [-0.3, -0.25) is 0 Å². The summed E-state index contributed by atoms with van der Waals surface area (Å²) in [4.78, 5) is 2.17. The zero-order valence-corrected chi connectivity index (χ0v) is 13.2. The zero-order valence-electron chi connectivity index (χ0n) is 10.8. The van der Waals surface area contributed by atoms with E-state index in [1.807, 2.05) is 14.0 Å². The van der Waals surface area contributed by atoms with Crippen molar-refractivity contribution in [1.82, 2.24) is 9.21 Å². The van der Waals surface area contributed by atoms with Crippen LogP contribution in [0.15, 0.2) is 20.0 Å². The van der Waals surface area contributed by atoms with Crippen LogP contribution in [0, 0.1) is 0 Å². The maximum atomic E-state index is 12.6. The molecule has 108 valence electrons. The fraction of sp³-hybridized carbons (Fsp3) is 0.636. The van der Waals surface area contributed by atoms with Gasteiger partial charge in [-0.05, 0) is 29.9 Å². The summed E-state index contributed by atoms with van der Waals surface area (Å²) in [6.45, 7) is 3.40. The first-order valence-electron chi connectivity index (χ1n) is 5.95. The van der Waals surface area contributed by atoms with E-state index < -0.39 is 10.0 Å². The van der Waals surface area contributed by atoms with Gasteiger partial charge in [0.15, 0.2) is 4.67 Å². The van der Waals surface area contributed by atoms with E-state index in [2.05, 4.69) is 20.8 Å². The standard InChI is InChI=1S/C11H17BrN2O4S/c1-8-6-13(2)3-4-14(8)19(16,17)10-5-9(7-15)18-11(10)12/h5,8,15H,3-4,6-7H2,1-2H3. The van der Waals surface area contributed by atoms with Crippen LogP contribution in [0.3, 0.4) is 0 Å². The third kappa shape index (κ3) is 2.87. The minimum atomic E-state index is -3.60. The van der Waals surface area contributed by atoms with Crippen molar-refractivity contribution in [2.45, 2.75) is 24.5 Å². The number of nitrogens with zero attached hydrogens (tertiary/aromatic N) is 2. The molecule has 1 fully saturated rings. The predicted molar refractivity (Wildman–Crippen MR) is 73.2 cm³/mol. The third-order valence-corrected chi connectivity index (χ3v) is 6.09. The summed E-state index contributed by atoms with van der Waals surface area (Å²) in [5.74, 6) is 0.229. The predicted octanol–water partition coefficient (Wildman–Crippen LogP) is 0.859. The van der Waals surface area contributed by atoms with Crippen LogP contribution in [0.25, 0.3) is 0 Å². The van der Waals surface area contributed by atoms with Crippen LogP contribution in [0.4, 0.5) is 0 Å². The van der Waals surface area contributed by atoms with E-state index in [1.165, 1.54) is 10.4 Å². The van der Waals surface area contributed by atoms with Crippen molar-refractivity contribution in [3.05, 3.63) is 16.5 Å². The molecule has 1 N–H and O–H groups in total. The lowest BCUT2D eigenvalue weighted by atomic mass is 10.2. The molecule has 19 heavy (non-hydrogen) atoms. The van der Waals surface area contributed by atoms with Crippen molar-refractivity contribution in [3.63, 3.8) is 0 Å². The van der Waals surface area contributed by atoms with Crippen molar-refractivity contribution in [3.8, 4) is 0 Å². The molecule has 0 aromatic carbocycles. The van der Waals surface area contributed by atoms with E-state index in [0.717, 1.165) is 0 Å². The maximum absolute atomic E-state index is 12.6. The smallest absolute Gasteiger partial charge is 0.247 e. The average molecular weight is 353 g/mol. The van der Waals surface area contributed by atoms with E-state index in [1.54, 1.807) is 0 Å². The highest BCUT2D eigenvalue weighted by molar-refractivity contribution is 9.10. The van der Waals surface area contributed by atoms with Gasteiger partial charge in [-0.25, -0.2) is 8.42 Å². The van der Waals surface area contributed by atoms with Gasteiger partial charge in [0.1, 0.15) is 17.3 Å². The molecule has 2 rings (SSSR count). The van der Waals surface area contributed by atoms with Crippen LogP contribution in [0.2, 0.25) is 0 Å². The van der Waals surface area contributed by atoms with E-state index in [9.17, 15) is 8.42 Å². The van der Waals surface area contributed by atoms with Gasteiger partial charge in [0.05, 0.1) is 0 Å². The van der Waals surface area contributed by atoms with Gasteiger partial charge in [0.25, 0.3) is 0 Å². The van der Waals surface area contributed by atoms with Gasteiger partial charge in [0.2, 0.25) is 10.0 Å². The van der Waals surface area contributed by atoms with Crippen LogP contribution in [-0.2, 0) is 16.6 Å². The molecule has 1 unspecified atom stereocenters. The van der Waals surface area contributed by atoms with E-state index >= 15 is 0 Å². The van der Waals surface area contributed by atoms with Gasteiger partial charge in [-0.2, -0.15) is 4.31 Å². The number of likely N-dealkylation sites (N-methyl/N-ethyl adjacent to an activating group) is 1. The Balaban J connectivity index is 2.34. The summed E-state index contributed by atoms with van der Waals surface area (Å²) in [6, 6.07) is 1.27. The van der Waals surface area contributed by atoms with Crippen LogP contribution < -0.4 is 0 Å². The van der Waals surface area contributed by atoms with Gasteiger partial charge in [0, 0.05) is 31.7 Å². The number of sulfonamides is 1. The number of halogens is 1. The molecule has 1 saturated heterocycles. The Morgan fingerprint density at radius 2 is 2.21 bits per heavy atom. The number of piperazine rings is 1. The summed E-state index contributed by atoms with van der Waals surface area (Å²) < 4.78 is 31.9. The van der Waals surface area contributed by atoms with Crippen LogP contribution in [0.1, 0.15) is 12.7 Å². The molecule has 0 aliphatic carbocycles. The highest BCUT2D eigenvalue weighted by Crippen LogP contribution is 2.30. The fourth-order valence-electron chi connectivity index (χ4n) is 2.26. The largest absolute Gasteiger partial charge is 0.450 e. The summed E-state index contributed by atoms with van der Waals surface area (Å²) in [6.07, 6.45) is 0. The number of hydrogen-bond acceptors (Lipinski definition) is 5. The van der Waals surface area contributed by atoms with E-state index in [-0.39, 0.29) is 28.0 Å². The summed E-state index contributed by atoms with van der Waals surface area (Å²) >= 11 is 3.10. The van der Waals surface area contributed by atoms with Crippen molar-refractivity contribution >= 4 is 26.0 Å². The maximum Gasteiger partial charge on any atom is 0.247 e. The van der Waals surface area contributed by atoms with Crippen molar-refractivity contribution < 1.29 is 17.9 Å². The molecular formula is C11H17BrN2O4S. The molecule has 1 aliphatic heterocycles. The topological polar surface area (TPSA) is 74.0 Å². The molecule has 0 amide bonds. The monoisotopic (exact) mass is 352 g/mol. The van der Waals surface area contributed by atoms with Crippen molar-refractivity contribution in [2.75, 3.05) is 26.7 Å². The number of hydrogen-bond donors (Lipinski definition) is 1. The number of aliphatic hydroxyl groups is 1. The first kappa shape index (κ1) is 15.0. The lowest BCUT2D eigenvalue weighted by Gasteiger charge is -2.36. The fourth-order valence-corrected chi connectivity index (χ4v) is 4.83. The molecule has 0 saturated carbocycles. The Bertz CT molecular complexity index is 557. The van der Waals surface area contributed by atoms with Crippen molar-refractivity contribution in [1.29, 1.82) is 0 Å². The molecule has 6 nitrogen and oxygen atoms in total. The van der Waals surface area contributed by atoms with Gasteiger partial charge >= 0.3 is 0 Å². The molecule has 8 heteroatoms. The molecule has 1 aromatic rings. The Morgan fingerprint density at radius 1 is 1.53 bits per heavy atom. The third-order valence-electron chi connectivity index (χ3n) is 3.22. The second kappa shape index (κ2) is 5.53. The highest BCUT2D eigenvalue weighted by atomic mass is 79.9. The quantitative estimate of drug-likeness (QED) is 0.873. The summed E-state index contributed by atoms with van der Waals surface area (Å²) in [5, 5.41) is 9.01. The molecule has 1 aliphatic rings. The van der Waals surface area contributed by atoms with Crippen molar-refractivity contribution in [2.24, 2.45) is 0 Å². The molecule has 2 heterocycles. The Labute approximate surface area is 121 Å². The van der Waals surface area contributed by atoms with Gasteiger partial charge in [-0.15, -0.1) is 0 Å². The first-order valence-corrected chi connectivity index (χ1v) is 8.19. The first-order chi connectivity index (χ1) is 8.86. The Hall–Kier alpha value is -0.410. The lowest BCUT2D eigenvalue weighted by Crippen LogP contribution is -2.52. The number of aliphatic hydroxyl groups excluding tert-OH is 1. The second-order valence-corrected chi connectivity index (χ2v) is 7.32. The van der Waals surface area contributed by atoms with Crippen LogP contribution in [-0.4, -0.2) is 55.5 Å². The van der Waals surface area contributed by atoms with E-state index in [4.69, 9.17) is 9.52 Å². The van der Waals surface area contributed by atoms with Crippen LogP contribution in [0.5, 0.6) is 0 Å². The SMILES string of the molecule is CC1CN(C)CCN1S(=O)(=O)c1cc(CO)oc1Br. The lowest BCUT2D eigenvalue weighted by molar-refractivity contribution is 0.170. The Morgan fingerprint density at radius 3 is 2.74 bits per heavy atom. The van der Waals surface area contributed by atoms with Gasteiger partial charge in [-0.1, -0.05) is 0 Å². The number of rotatable bonds is 3. The van der Waals surface area contributed by atoms with Gasteiger partial charge < -0.3 is 14.4 Å². The molecular weight excluding hydrogens is 336 g/mol.